The zero-order valence-electron chi connectivity index (χ0n) is 16.6. The second kappa shape index (κ2) is 12.9. The summed E-state index contributed by atoms with van der Waals surface area (Å²) in [6, 6.07) is 12.3. The molecule has 0 saturated carbocycles. The minimum atomic E-state index is 0. The second-order valence-corrected chi connectivity index (χ2v) is 6.63. The van der Waals surface area contributed by atoms with Gasteiger partial charge in [0.15, 0.2) is 0 Å². The number of nitrogens with two attached hydrogens (primary N) is 2. The van der Waals surface area contributed by atoms with Crippen LogP contribution in [-0.2, 0) is 0 Å². The molecule has 2 aromatic rings. The van der Waals surface area contributed by atoms with Gasteiger partial charge in [0.05, 0.1) is 5.70 Å². The first kappa shape index (κ1) is 22.7. The molecule has 1 atom stereocenters. The van der Waals surface area contributed by atoms with E-state index < -0.39 is 0 Å². The first-order valence-corrected chi connectivity index (χ1v) is 10.4. The van der Waals surface area contributed by atoms with Crippen molar-refractivity contribution in [3.8, 4) is 0 Å². The minimum Gasteiger partial charge on any atom is -0.403 e. The van der Waals surface area contributed by atoms with Crippen molar-refractivity contribution in [1.82, 2.24) is 10.4 Å². The lowest BCUT2D eigenvalue weighted by atomic mass is 10.1. The molecule has 1 aromatic heterocycles. The Morgan fingerprint density at radius 1 is 1.15 bits per heavy atom. The molecule has 0 aliphatic carbocycles. The number of rotatable bonds is 9. The van der Waals surface area contributed by atoms with Gasteiger partial charge in [-0.15, -0.1) is 11.8 Å². The summed E-state index contributed by atoms with van der Waals surface area (Å²) in [5, 5.41) is 6.80. The Morgan fingerprint density at radius 3 is 2.33 bits per heavy atom. The highest BCUT2D eigenvalue weighted by Crippen LogP contribution is 2.17. The number of hydrogen-bond donors (Lipinski definition) is 5. The fourth-order valence-electron chi connectivity index (χ4n) is 2.24. The Kier molecular flexibility index (Phi) is 10.8. The van der Waals surface area contributed by atoms with Crippen LogP contribution >= 0.6 is 11.8 Å². The molecule has 0 fully saturated rings. The van der Waals surface area contributed by atoms with E-state index in [-0.39, 0.29) is 4.28 Å². The van der Waals surface area contributed by atoms with Gasteiger partial charge in [0, 0.05) is 45.9 Å². The van der Waals surface area contributed by atoms with Gasteiger partial charge in [-0.05, 0) is 48.6 Å². The minimum absolute atomic E-state index is 0. The van der Waals surface area contributed by atoms with E-state index in [0.717, 1.165) is 30.2 Å². The summed E-state index contributed by atoms with van der Waals surface area (Å²) in [6.45, 7) is 7.91. The monoisotopic (exact) mass is 394 g/mol. The number of hydrogen-bond acceptors (Lipinski definition) is 7. The molecular formula is C20H38N6S. The quantitative estimate of drug-likeness (QED) is 0.243. The topological polar surface area (TPSA) is 101 Å². The summed E-state index contributed by atoms with van der Waals surface area (Å²) in [4.78, 5) is 5.65. The number of nitrogens with one attached hydrogen (secondary N) is 3. The standard InChI is InChI=1S/C18H26N6S.C2H6.3H2/c1-13(10-21-15-4-6-16(25-2)7-5-15)11-22-18-8-3-14(12-23-18)17(9-19)24-20;1-2;;;/h3-9,12-13,21,24H,10-11,19-20H2,1-2H3,(H,22,23);1-2H3;3*1H/b17-9-;;;;. The van der Waals surface area contributed by atoms with Crippen molar-refractivity contribution in [3.05, 3.63) is 54.4 Å². The van der Waals surface area contributed by atoms with Gasteiger partial charge in [-0.25, -0.2) is 4.98 Å². The second-order valence-electron chi connectivity index (χ2n) is 5.75. The molecule has 1 aromatic carbocycles. The molecule has 0 saturated heterocycles. The van der Waals surface area contributed by atoms with Gasteiger partial charge in [-0.3, -0.25) is 5.84 Å². The molecule has 0 spiro atoms. The van der Waals surface area contributed by atoms with Crippen molar-refractivity contribution in [1.29, 1.82) is 0 Å². The third kappa shape index (κ3) is 7.80. The highest BCUT2D eigenvalue weighted by Gasteiger charge is 2.04. The summed E-state index contributed by atoms with van der Waals surface area (Å²) in [6.07, 6.45) is 5.23. The molecule has 7 heteroatoms. The molecule has 7 N–H and O–H groups in total. The molecule has 154 valence electrons. The van der Waals surface area contributed by atoms with Crippen molar-refractivity contribution in [2.45, 2.75) is 25.7 Å². The van der Waals surface area contributed by atoms with E-state index in [1.165, 1.54) is 11.1 Å². The van der Waals surface area contributed by atoms with Crippen LogP contribution in [0.1, 0.15) is 30.6 Å². The summed E-state index contributed by atoms with van der Waals surface area (Å²) >= 11 is 1.75. The van der Waals surface area contributed by atoms with Crippen LogP contribution in [0, 0.1) is 5.92 Å². The SMILES string of the molecule is CC.CSc1ccc(NCC(C)CNc2ccc(/C(=C/N)NN)cn2)cc1.[HH].[HH].[HH]. The number of benzene rings is 1. The molecule has 0 aliphatic rings. The van der Waals surface area contributed by atoms with Crippen LogP contribution < -0.4 is 27.6 Å². The van der Waals surface area contributed by atoms with E-state index in [4.69, 9.17) is 11.6 Å². The first-order valence-electron chi connectivity index (χ1n) is 9.13. The van der Waals surface area contributed by atoms with Gasteiger partial charge < -0.3 is 21.8 Å². The van der Waals surface area contributed by atoms with Crippen LogP contribution in [0.25, 0.3) is 5.70 Å². The van der Waals surface area contributed by atoms with E-state index in [0.29, 0.717) is 11.6 Å². The number of nitrogens with zero attached hydrogens (tertiary/aromatic N) is 1. The maximum atomic E-state index is 5.49. The fraction of sp³-hybridized carbons (Fsp3) is 0.350. The number of thioether (sulfide) groups is 1. The number of anilines is 2. The summed E-state index contributed by atoms with van der Waals surface area (Å²) < 4.78 is 0. The molecular weight excluding hydrogens is 356 g/mol. The molecule has 27 heavy (non-hydrogen) atoms. The largest absolute Gasteiger partial charge is 0.403 e. The Hall–Kier alpha value is -2.38. The van der Waals surface area contributed by atoms with Crippen LogP contribution in [0.15, 0.2) is 53.7 Å². The van der Waals surface area contributed by atoms with Gasteiger partial charge >= 0.3 is 0 Å². The molecule has 0 amide bonds. The predicted octanol–water partition coefficient (Wildman–Crippen LogP) is 4.45. The lowest BCUT2D eigenvalue weighted by molar-refractivity contribution is 0.648. The number of pyridine rings is 1. The molecule has 6 nitrogen and oxygen atoms in total. The van der Waals surface area contributed by atoms with Crippen molar-refractivity contribution < 1.29 is 4.28 Å². The first-order chi connectivity index (χ1) is 13.2. The van der Waals surface area contributed by atoms with E-state index in [1.54, 1.807) is 18.0 Å². The molecule has 1 heterocycles. The fourth-order valence-corrected chi connectivity index (χ4v) is 2.65. The van der Waals surface area contributed by atoms with Crippen molar-refractivity contribution >= 4 is 29.0 Å². The highest BCUT2D eigenvalue weighted by molar-refractivity contribution is 7.98. The van der Waals surface area contributed by atoms with Crippen molar-refractivity contribution in [2.24, 2.45) is 17.5 Å². The average Bonchev–Trinajstić information content (AvgIpc) is 2.74. The Labute approximate surface area is 171 Å². The maximum Gasteiger partial charge on any atom is 0.125 e. The average molecular weight is 395 g/mol. The third-order valence-corrected chi connectivity index (χ3v) is 4.52. The summed E-state index contributed by atoms with van der Waals surface area (Å²) in [5.41, 5.74) is 10.7. The molecule has 0 bridgehead atoms. The number of hydrazine groups is 1. The predicted molar refractivity (Wildman–Crippen MR) is 126 cm³/mol. The van der Waals surface area contributed by atoms with Gasteiger partial charge in [0.25, 0.3) is 0 Å². The number of aromatic nitrogens is 1. The molecule has 0 aliphatic heterocycles. The van der Waals surface area contributed by atoms with Crippen molar-refractivity contribution in [3.63, 3.8) is 0 Å². The van der Waals surface area contributed by atoms with E-state index >= 15 is 0 Å². The Bertz CT molecular complexity index is 684. The van der Waals surface area contributed by atoms with Gasteiger partial charge in [0.2, 0.25) is 0 Å². The zero-order valence-corrected chi connectivity index (χ0v) is 17.4. The third-order valence-electron chi connectivity index (χ3n) is 3.77. The zero-order chi connectivity index (χ0) is 20.1. The lowest BCUT2D eigenvalue weighted by Gasteiger charge is -2.15. The lowest BCUT2D eigenvalue weighted by Crippen LogP contribution is -2.21. The van der Waals surface area contributed by atoms with Gasteiger partial charge in [-0.1, -0.05) is 20.8 Å². The normalized spacial score (nSPS) is 11.8. The Balaban J connectivity index is -0.00000141. The summed E-state index contributed by atoms with van der Waals surface area (Å²) in [7, 11) is 0. The molecule has 1 unspecified atom stereocenters. The highest BCUT2D eigenvalue weighted by atomic mass is 32.2. The van der Waals surface area contributed by atoms with E-state index in [1.807, 2.05) is 26.0 Å². The van der Waals surface area contributed by atoms with Gasteiger partial charge in [-0.2, -0.15) is 0 Å². The Morgan fingerprint density at radius 2 is 1.81 bits per heavy atom. The van der Waals surface area contributed by atoms with E-state index in [2.05, 4.69) is 58.5 Å². The van der Waals surface area contributed by atoms with Crippen LogP contribution in [-0.4, -0.2) is 24.3 Å². The van der Waals surface area contributed by atoms with Crippen LogP contribution in [0.3, 0.4) is 0 Å². The molecule has 2 rings (SSSR count). The van der Waals surface area contributed by atoms with Crippen LogP contribution in [0.4, 0.5) is 11.5 Å². The van der Waals surface area contributed by atoms with Crippen LogP contribution in [0.2, 0.25) is 0 Å². The summed E-state index contributed by atoms with van der Waals surface area (Å²) in [5.74, 6) is 6.68. The van der Waals surface area contributed by atoms with Gasteiger partial charge in [0.1, 0.15) is 5.82 Å². The maximum absolute atomic E-state index is 5.49. The van der Waals surface area contributed by atoms with Crippen molar-refractivity contribution in [2.75, 3.05) is 30.0 Å². The van der Waals surface area contributed by atoms with Crippen LogP contribution in [0.5, 0.6) is 0 Å². The smallest absolute Gasteiger partial charge is 0.125 e. The molecule has 0 radical (unpaired) electrons. The van der Waals surface area contributed by atoms with E-state index in [9.17, 15) is 0 Å².